The summed E-state index contributed by atoms with van der Waals surface area (Å²) in [6.07, 6.45) is 54.6. The molecule has 0 saturated carbocycles. The third-order valence-electron chi connectivity index (χ3n) is 10.5. The van der Waals surface area contributed by atoms with Crippen molar-refractivity contribution in [2.45, 2.75) is 238 Å². The van der Waals surface area contributed by atoms with Crippen LogP contribution in [0.25, 0.3) is 0 Å². The molecule has 8 nitrogen and oxygen atoms in total. The van der Waals surface area contributed by atoms with E-state index in [1.54, 1.807) is 0 Å². The predicted molar refractivity (Wildman–Crippen MR) is 247 cm³/mol. The fraction of sp³-hybridized carbons (Fsp3) is 0.857. The molecule has 0 radical (unpaired) electrons. The average molecular weight is 840 g/mol. The van der Waals surface area contributed by atoms with Gasteiger partial charge in [-0.3, -0.25) is 13.8 Å². The second kappa shape index (κ2) is 46.8. The SMILES string of the molecule is CCCCCC/C=C\CCCCCCCCOCC(COP(=O)(O)OCCN)OC(=O)CCCCCCCCCCCCCCC/C=C\C/C=C\CCCCCCC. The molecule has 0 saturated heterocycles. The van der Waals surface area contributed by atoms with Crippen LogP contribution >= 0.6 is 7.82 Å². The van der Waals surface area contributed by atoms with E-state index < -0.39 is 13.9 Å². The third kappa shape index (κ3) is 45.8. The Morgan fingerprint density at radius 2 is 0.914 bits per heavy atom. The van der Waals surface area contributed by atoms with Gasteiger partial charge in [0.1, 0.15) is 6.10 Å². The minimum Gasteiger partial charge on any atom is -0.457 e. The molecule has 0 aliphatic carbocycles. The molecular formula is C49H94NO7P. The lowest BCUT2D eigenvalue weighted by Crippen LogP contribution is -2.28. The molecule has 58 heavy (non-hydrogen) atoms. The summed E-state index contributed by atoms with van der Waals surface area (Å²) in [6.45, 7) is 4.91. The van der Waals surface area contributed by atoms with E-state index in [0.29, 0.717) is 13.0 Å². The number of phosphoric ester groups is 1. The summed E-state index contributed by atoms with van der Waals surface area (Å²) in [4.78, 5) is 22.5. The van der Waals surface area contributed by atoms with Crippen molar-refractivity contribution in [3.8, 4) is 0 Å². The Kier molecular flexibility index (Phi) is 45.7. The molecule has 2 unspecified atom stereocenters. The van der Waals surface area contributed by atoms with E-state index in [9.17, 15) is 14.3 Å². The molecule has 0 amide bonds. The van der Waals surface area contributed by atoms with Crippen LogP contribution < -0.4 is 5.73 Å². The molecule has 9 heteroatoms. The van der Waals surface area contributed by atoms with Gasteiger partial charge in [-0.05, 0) is 70.6 Å². The first-order valence-corrected chi connectivity index (χ1v) is 26.0. The highest BCUT2D eigenvalue weighted by atomic mass is 31.2. The number of phosphoric acid groups is 1. The highest BCUT2D eigenvalue weighted by molar-refractivity contribution is 7.47. The van der Waals surface area contributed by atoms with Gasteiger partial charge < -0.3 is 20.1 Å². The first kappa shape index (κ1) is 56.7. The number of ether oxygens (including phenoxy) is 2. The number of carbonyl (C=O) groups excluding carboxylic acids is 1. The van der Waals surface area contributed by atoms with Crippen LogP contribution in [0.3, 0.4) is 0 Å². The number of esters is 1. The van der Waals surface area contributed by atoms with Gasteiger partial charge in [0.05, 0.1) is 19.8 Å². The summed E-state index contributed by atoms with van der Waals surface area (Å²) in [5.41, 5.74) is 5.38. The molecule has 3 N–H and O–H groups in total. The van der Waals surface area contributed by atoms with Crippen molar-refractivity contribution in [2.24, 2.45) is 5.73 Å². The van der Waals surface area contributed by atoms with Crippen LogP contribution in [0.2, 0.25) is 0 Å². The van der Waals surface area contributed by atoms with Crippen molar-refractivity contribution in [2.75, 3.05) is 33.0 Å². The Hall–Kier alpha value is -1.28. The maximum Gasteiger partial charge on any atom is 0.472 e. The molecule has 0 rings (SSSR count). The lowest BCUT2D eigenvalue weighted by molar-refractivity contribution is -0.154. The molecule has 0 aromatic carbocycles. The van der Waals surface area contributed by atoms with Gasteiger partial charge in [-0.1, -0.05) is 192 Å². The quantitative estimate of drug-likeness (QED) is 0.0269. The van der Waals surface area contributed by atoms with Gasteiger partial charge in [-0.2, -0.15) is 0 Å². The predicted octanol–water partition coefficient (Wildman–Crippen LogP) is 15.0. The summed E-state index contributed by atoms with van der Waals surface area (Å²) in [7, 11) is -4.28. The van der Waals surface area contributed by atoms with Gasteiger partial charge in [0.15, 0.2) is 0 Å². The molecular weight excluding hydrogens is 746 g/mol. The van der Waals surface area contributed by atoms with Crippen molar-refractivity contribution < 1.29 is 32.8 Å². The van der Waals surface area contributed by atoms with E-state index in [-0.39, 0.29) is 32.3 Å². The molecule has 0 aliphatic heterocycles. The normalized spacial score (nSPS) is 13.7. The van der Waals surface area contributed by atoms with Crippen LogP contribution in [0, 0.1) is 0 Å². The molecule has 342 valence electrons. The maximum absolute atomic E-state index is 12.6. The summed E-state index contributed by atoms with van der Waals surface area (Å²) in [5.74, 6) is -0.331. The van der Waals surface area contributed by atoms with E-state index in [4.69, 9.17) is 24.3 Å². The number of unbranched alkanes of at least 4 members (excludes halogenated alkanes) is 28. The monoisotopic (exact) mass is 840 g/mol. The van der Waals surface area contributed by atoms with Gasteiger partial charge in [0, 0.05) is 19.6 Å². The number of hydrogen-bond acceptors (Lipinski definition) is 7. The highest BCUT2D eigenvalue weighted by Gasteiger charge is 2.25. The second-order valence-corrected chi connectivity index (χ2v) is 17.8. The molecule has 0 fully saturated rings. The van der Waals surface area contributed by atoms with Gasteiger partial charge in [-0.25, -0.2) is 4.57 Å². The molecule has 0 bridgehead atoms. The fourth-order valence-electron chi connectivity index (χ4n) is 6.91. The van der Waals surface area contributed by atoms with Crippen LogP contribution in [-0.4, -0.2) is 49.9 Å². The lowest BCUT2D eigenvalue weighted by Gasteiger charge is -2.20. The largest absolute Gasteiger partial charge is 0.472 e. The highest BCUT2D eigenvalue weighted by Crippen LogP contribution is 2.43. The molecule has 0 heterocycles. The topological polar surface area (TPSA) is 117 Å². The Balaban J connectivity index is 3.91. The van der Waals surface area contributed by atoms with E-state index in [1.807, 2.05) is 0 Å². The Labute approximate surface area is 358 Å². The number of allylic oxidation sites excluding steroid dienone is 6. The molecule has 2 atom stereocenters. The van der Waals surface area contributed by atoms with E-state index in [1.165, 1.54) is 173 Å². The zero-order valence-electron chi connectivity index (χ0n) is 38.0. The van der Waals surface area contributed by atoms with Gasteiger partial charge in [-0.15, -0.1) is 0 Å². The molecule has 0 spiro atoms. The minimum atomic E-state index is -4.28. The number of hydrogen-bond donors (Lipinski definition) is 2. The number of carbonyl (C=O) groups is 1. The van der Waals surface area contributed by atoms with Crippen molar-refractivity contribution in [3.05, 3.63) is 36.5 Å². The number of nitrogens with two attached hydrogens (primary N) is 1. The van der Waals surface area contributed by atoms with Crippen LogP contribution in [0.5, 0.6) is 0 Å². The molecule has 0 aromatic heterocycles. The third-order valence-corrected chi connectivity index (χ3v) is 11.5. The van der Waals surface area contributed by atoms with Crippen LogP contribution in [0.1, 0.15) is 232 Å². The first-order valence-electron chi connectivity index (χ1n) is 24.5. The van der Waals surface area contributed by atoms with Crippen molar-refractivity contribution >= 4 is 13.8 Å². The fourth-order valence-corrected chi connectivity index (χ4v) is 7.67. The van der Waals surface area contributed by atoms with Crippen LogP contribution in [0.4, 0.5) is 0 Å². The minimum absolute atomic E-state index is 0.0961. The summed E-state index contributed by atoms with van der Waals surface area (Å²) in [6, 6.07) is 0. The van der Waals surface area contributed by atoms with E-state index in [0.717, 1.165) is 38.5 Å². The Bertz CT molecular complexity index is 988. The number of rotatable bonds is 47. The Morgan fingerprint density at radius 3 is 1.38 bits per heavy atom. The van der Waals surface area contributed by atoms with Crippen molar-refractivity contribution in [3.63, 3.8) is 0 Å². The van der Waals surface area contributed by atoms with Crippen molar-refractivity contribution in [1.82, 2.24) is 0 Å². The van der Waals surface area contributed by atoms with Crippen molar-refractivity contribution in [1.29, 1.82) is 0 Å². The van der Waals surface area contributed by atoms with Crippen LogP contribution in [0.15, 0.2) is 36.5 Å². The second-order valence-electron chi connectivity index (χ2n) is 16.3. The van der Waals surface area contributed by atoms with Gasteiger partial charge in [0.25, 0.3) is 0 Å². The lowest BCUT2D eigenvalue weighted by atomic mass is 10.0. The standard InChI is InChI=1S/C49H94NO7P/c1-3-5-7-9-11-13-15-17-19-20-21-22-23-24-25-26-27-28-29-30-32-34-36-38-40-42-49(51)57-48(47-56-58(52,53)55-45-43-50)46-54-44-41-39-37-35-33-31-18-16-14-12-10-8-6-4-2/h14-17,20-21,48H,3-13,18-19,22-47,50H2,1-2H3,(H,52,53)/b16-14-,17-15-,21-20-. The summed E-state index contributed by atoms with van der Waals surface area (Å²) < 4.78 is 33.5. The zero-order chi connectivity index (χ0) is 42.3. The average Bonchev–Trinajstić information content (AvgIpc) is 3.21. The maximum atomic E-state index is 12.6. The van der Waals surface area contributed by atoms with E-state index in [2.05, 4.69) is 50.3 Å². The van der Waals surface area contributed by atoms with Crippen LogP contribution in [-0.2, 0) is 27.9 Å². The molecule has 0 aliphatic rings. The summed E-state index contributed by atoms with van der Waals surface area (Å²) in [5, 5.41) is 0. The van der Waals surface area contributed by atoms with Gasteiger partial charge in [0.2, 0.25) is 0 Å². The smallest absolute Gasteiger partial charge is 0.457 e. The first-order chi connectivity index (χ1) is 28.4. The summed E-state index contributed by atoms with van der Waals surface area (Å²) >= 11 is 0. The Morgan fingerprint density at radius 1 is 0.517 bits per heavy atom. The zero-order valence-corrected chi connectivity index (χ0v) is 38.9. The molecule has 0 aromatic rings. The van der Waals surface area contributed by atoms with Gasteiger partial charge >= 0.3 is 13.8 Å². The van der Waals surface area contributed by atoms with E-state index >= 15 is 0 Å².